The van der Waals surface area contributed by atoms with E-state index in [-0.39, 0.29) is 17.4 Å². The molecule has 1 amide bonds. The molecular formula is C23H31N5O. The smallest absolute Gasteiger partial charge is 0.228 e. The van der Waals surface area contributed by atoms with Crippen LogP contribution in [0.25, 0.3) is 0 Å². The van der Waals surface area contributed by atoms with Crippen LogP contribution in [0.3, 0.4) is 0 Å². The van der Waals surface area contributed by atoms with E-state index in [0.29, 0.717) is 6.54 Å². The first kappa shape index (κ1) is 20.0. The highest BCUT2D eigenvalue weighted by molar-refractivity contribution is 5.83. The molecule has 1 aromatic carbocycles. The van der Waals surface area contributed by atoms with Crippen LogP contribution in [0.4, 0.5) is 0 Å². The molecule has 2 fully saturated rings. The van der Waals surface area contributed by atoms with Crippen molar-refractivity contribution in [2.24, 2.45) is 5.41 Å². The quantitative estimate of drug-likeness (QED) is 0.845. The second-order valence-electron chi connectivity index (χ2n) is 8.56. The Morgan fingerprint density at radius 3 is 2.76 bits per heavy atom. The molecule has 0 unspecified atom stereocenters. The van der Waals surface area contributed by atoms with E-state index >= 15 is 0 Å². The standard InChI is InChI=1S/C23H31N5O/c1-18-13-25-20(14-24-18)15-26-22(29)23-9-6-11-27(2)21(23)17-28(12-10-23)16-19-7-4-3-5-8-19/h3-5,7-8,13-14,21H,6,9-12,15-17H2,1-2H3,(H,26,29)/t21-,23+/m0/s1. The van der Waals surface area contributed by atoms with E-state index in [0.717, 1.165) is 56.8 Å². The summed E-state index contributed by atoms with van der Waals surface area (Å²) in [7, 11) is 2.17. The minimum Gasteiger partial charge on any atom is -0.350 e. The largest absolute Gasteiger partial charge is 0.350 e. The molecule has 3 heterocycles. The number of hydrogen-bond donors (Lipinski definition) is 1. The molecule has 2 saturated heterocycles. The Balaban J connectivity index is 1.45. The van der Waals surface area contributed by atoms with Crippen molar-refractivity contribution in [3.8, 4) is 0 Å². The van der Waals surface area contributed by atoms with Crippen LogP contribution < -0.4 is 5.32 Å². The van der Waals surface area contributed by atoms with Gasteiger partial charge >= 0.3 is 0 Å². The maximum Gasteiger partial charge on any atom is 0.228 e. The molecule has 29 heavy (non-hydrogen) atoms. The van der Waals surface area contributed by atoms with E-state index in [4.69, 9.17) is 0 Å². The van der Waals surface area contributed by atoms with Gasteiger partial charge in [-0.15, -0.1) is 0 Å². The highest BCUT2D eigenvalue weighted by Crippen LogP contribution is 2.42. The lowest BCUT2D eigenvalue weighted by Gasteiger charge is -2.53. The fourth-order valence-electron chi connectivity index (χ4n) is 4.91. The molecule has 2 atom stereocenters. The molecule has 0 bridgehead atoms. The van der Waals surface area contributed by atoms with Gasteiger partial charge in [-0.05, 0) is 51.9 Å². The average molecular weight is 394 g/mol. The highest BCUT2D eigenvalue weighted by Gasteiger charge is 2.51. The SMILES string of the molecule is Cc1cnc(CNC(=O)[C@@]23CCCN(C)[C@H]2CN(Cc2ccccc2)CC3)cn1. The van der Waals surface area contributed by atoms with E-state index < -0.39 is 0 Å². The van der Waals surface area contributed by atoms with Gasteiger partial charge in [0.25, 0.3) is 0 Å². The van der Waals surface area contributed by atoms with Crippen LogP contribution in [0.5, 0.6) is 0 Å². The second kappa shape index (κ2) is 8.59. The van der Waals surface area contributed by atoms with Crippen molar-refractivity contribution in [3.63, 3.8) is 0 Å². The minimum atomic E-state index is -0.307. The van der Waals surface area contributed by atoms with Crippen LogP contribution in [-0.2, 0) is 17.9 Å². The summed E-state index contributed by atoms with van der Waals surface area (Å²) in [6.45, 7) is 6.25. The Hall–Kier alpha value is -2.31. The van der Waals surface area contributed by atoms with Crippen molar-refractivity contribution in [3.05, 3.63) is 59.7 Å². The Labute approximate surface area is 173 Å². The lowest BCUT2D eigenvalue weighted by molar-refractivity contribution is -0.144. The first-order chi connectivity index (χ1) is 14.1. The molecule has 0 saturated carbocycles. The van der Waals surface area contributed by atoms with E-state index in [1.54, 1.807) is 12.4 Å². The average Bonchev–Trinajstić information content (AvgIpc) is 2.74. The zero-order chi connectivity index (χ0) is 20.3. The number of aryl methyl sites for hydroxylation is 1. The lowest BCUT2D eigenvalue weighted by atomic mass is 9.67. The fourth-order valence-corrected chi connectivity index (χ4v) is 4.91. The zero-order valence-electron chi connectivity index (χ0n) is 17.5. The summed E-state index contributed by atoms with van der Waals surface area (Å²) in [4.78, 5) is 27.0. The second-order valence-corrected chi connectivity index (χ2v) is 8.56. The number of likely N-dealkylation sites (N-methyl/N-ethyl adjacent to an activating group) is 1. The van der Waals surface area contributed by atoms with Crippen LogP contribution in [-0.4, -0.2) is 58.4 Å². The van der Waals surface area contributed by atoms with E-state index in [1.165, 1.54) is 5.56 Å². The van der Waals surface area contributed by atoms with Crippen molar-refractivity contribution in [2.75, 3.05) is 26.7 Å². The molecule has 154 valence electrons. The summed E-state index contributed by atoms with van der Waals surface area (Å²) in [5.41, 5.74) is 2.72. The van der Waals surface area contributed by atoms with Crippen molar-refractivity contribution in [1.29, 1.82) is 0 Å². The number of carbonyl (C=O) groups excluding carboxylic acids is 1. The molecule has 2 aliphatic heterocycles. The Morgan fingerprint density at radius 1 is 1.17 bits per heavy atom. The summed E-state index contributed by atoms with van der Waals surface area (Å²) < 4.78 is 0. The zero-order valence-corrected chi connectivity index (χ0v) is 17.5. The number of hydrogen-bond acceptors (Lipinski definition) is 5. The number of nitrogens with zero attached hydrogens (tertiary/aromatic N) is 4. The number of fused-ring (bicyclic) bond motifs is 1. The molecule has 2 aromatic rings. The number of likely N-dealkylation sites (tertiary alicyclic amines) is 2. The van der Waals surface area contributed by atoms with Gasteiger partial charge in [-0.2, -0.15) is 0 Å². The monoisotopic (exact) mass is 393 g/mol. The van der Waals surface area contributed by atoms with Crippen molar-refractivity contribution >= 4 is 5.91 Å². The minimum absolute atomic E-state index is 0.177. The third-order valence-corrected chi connectivity index (χ3v) is 6.57. The third kappa shape index (κ3) is 4.33. The predicted molar refractivity (Wildman–Crippen MR) is 113 cm³/mol. The summed E-state index contributed by atoms with van der Waals surface area (Å²) in [5, 5.41) is 3.18. The number of carbonyl (C=O) groups is 1. The van der Waals surface area contributed by atoms with Crippen LogP contribution in [0.1, 0.15) is 36.2 Å². The molecule has 6 nitrogen and oxygen atoms in total. The molecule has 2 aliphatic rings. The topological polar surface area (TPSA) is 61.4 Å². The summed E-state index contributed by atoms with van der Waals surface area (Å²) in [6, 6.07) is 10.9. The Kier molecular flexibility index (Phi) is 5.92. The van der Waals surface area contributed by atoms with Gasteiger partial charge in [-0.25, -0.2) is 0 Å². The molecule has 4 rings (SSSR count). The van der Waals surface area contributed by atoms with E-state index in [9.17, 15) is 4.79 Å². The maximum absolute atomic E-state index is 13.4. The Bertz CT molecular complexity index is 825. The lowest BCUT2D eigenvalue weighted by Crippen LogP contribution is -2.64. The molecule has 0 radical (unpaired) electrons. The van der Waals surface area contributed by atoms with Gasteiger partial charge in [0.05, 0.1) is 29.5 Å². The number of piperidine rings is 2. The van der Waals surface area contributed by atoms with Crippen LogP contribution in [0, 0.1) is 12.3 Å². The van der Waals surface area contributed by atoms with Crippen LogP contribution >= 0.6 is 0 Å². The molecule has 0 aliphatic carbocycles. The van der Waals surface area contributed by atoms with Gasteiger partial charge in [0.1, 0.15) is 0 Å². The van der Waals surface area contributed by atoms with Gasteiger partial charge in [-0.1, -0.05) is 30.3 Å². The van der Waals surface area contributed by atoms with Gasteiger partial charge in [0, 0.05) is 25.3 Å². The number of aromatic nitrogens is 2. The molecule has 1 aromatic heterocycles. The predicted octanol–water partition coefficient (Wildman–Crippen LogP) is 2.39. The third-order valence-electron chi connectivity index (χ3n) is 6.57. The first-order valence-electron chi connectivity index (χ1n) is 10.6. The number of benzene rings is 1. The number of rotatable bonds is 5. The normalized spacial score (nSPS) is 25.4. The molecule has 0 spiro atoms. The van der Waals surface area contributed by atoms with Crippen LogP contribution in [0.15, 0.2) is 42.7 Å². The van der Waals surface area contributed by atoms with Crippen LogP contribution in [0.2, 0.25) is 0 Å². The summed E-state index contributed by atoms with van der Waals surface area (Å²) >= 11 is 0. The summed E-state index contributed by atoms with van der Waals surface area (Å²) in [6.07, 6.45) is 6.44. The maximum atomic E-state index is 13.4. The van der Waals surface area contributed by atoms with E-state index in [2.05, 4.69) is 62.5 Å². The van der Waals surface area contributed by atoms with Gasteiger partial charge in [0.2, 0.25) is 5.91 Å². The Morgan fingerprint density at radius 2 is 2.00 bits per heavy atom. The first-order valence-corrected chi connectivity index (χ1v) is 10.6. The van der Waals surface area contributed by atoms with Crippen molar-refractivity contribution in [2.45, 2.75) is 45.3 Å². The number of amides is 1. The van der Waals surface area contributed by atoms with E-state index in [1.807, 2.05) is 6.92 Å². The summed E-state index contributed by atoms with van der Waals surface area (Å²) in [5.74, 6) is 0.177. The highest BCUT2D eigenvalue weighted by atomic mass is 16.2. The van der Waals surface area contributed by atoms with Crippen molar-refractivity contribution in [1.82, 2.24) is 25.1 Å². The molecule has 1 N–H and O–H groups in total. The van der Waals surface area contributed by atoms with Gasteiger partial charge in [0.15, 0.2) is 0 Å². The van der Waals surface area contributed by atoms with Gasteiger partial charge < -0.3 is 10.2 Å². The number of nitrogens with one attached hydrogen (secondary N) is 1. The fraction of sp³-hybridized carbons (Fsp3) is 0.522. The molecular weight excluding hydrogens is 362 g/mol. The molecule has 6 heteroatoms. The van der Waals surface area contributed by atoms with Gasteiger partial charge in [-0.3, -0.25) is 19.7 Å². The van der Waals surface area contributed by atoms with Crippen molar-refractivity contribution < 1.29 is 4.79 Å².